The van der Waals surface area contributed by atoms with Gasteiger partial charge in [-0.3, -0.25) is 9.48 Å². The number of nitrogens with one attached hydrogen (secondary N) is 1. The highest BCUT2D eigenvalue weighted by atomic mass is 16.4. The number of amides is 1. The van der Waals surface area contributed by atoms with Crippen LogP contribution in [0.25, 0.3) is 21.9 Å². The van der Waals surface area contributed by atoms with E-state index in [0.717, 1.165) is 42.9 Å². The number of fused-ring (bicyclic) bond motifs is 3. The topological polar surface area (TPSA) is 80.4 Å². The molecule has 0 unspecified atom stereocenters. The summed E-state index contributed by atoms with van der Waals surface area (Å²) in [6.07, 6.45) is 5.00. The molecule has 1 fully saturated rings. The van der Waals surface area contributed by atoms with Crippen LogP contribution in [-0.2, 0) is 11.3 Å². The molecule has 29 heavy (non-hydrogen) atoms. The third kappa shape index (κ3) is 4.34. The number of benzene rings is 1. The van der Waals surface area contributed by atoms with Gasteiger partial charge in [-0.05, 0) is 57.3 Å². The summed E-state index contributed by atoms with van der Waals surface area (Å²) >= 11 is 0. The van der Waals surface area contributed by atoms with E-state index in [4.69, 9.17) is 4.42 Å². The zero-order chi connectivity index (χ0) is 20.4. The van der Waals surface area contributed by atoms with Gasteiger partial charge in [0.05, 0.1) is 11.7 Å². The van der Waals surface area contributed by atoms with Gasteiger partial charge >= 0.3 is 5.63 Å². The molecule has 7 nitrogen and oxygen atoms in total. The normalized spacial score (nSPS) is 17.8. The van der Waals surface area contributed by atoms with Crippen LogP contribution in [0.4, 0.5) is 0 Å². The van der Waals surface area contributed by atoms with Gasteiger partial charge in [0, 0.05) is 18.5 Å². The van der Waals surface area contributed by atoms with Gasteiger partial charge in [-0.15, -0.1) is 0 Å². The van der Waals surface area contributed by atoms with Crippen LogP contribution < -0.4 is 10.9 Å². The molecule has 3 heterocycles. The number of piperidine rings is 1. The Hall–Kier alpha value is -2.67. The Morgan fingerprint density at radius 3 is 3.03 bits per heavy atom. The Labute approximate surface area is 169 Å². The van der Waals surface area contributed by atoms with Crippen molar-refractivity contribution >= 4 is 27.8 Å². The Kier molecular flexibility index (Phi) is 5.67. The minimum atomic E-state index is -0.432. The smallest absolute Gasteiger partial charge is 0.347 e. The average molecular weight is 396 g/mol. The molecule has 1 aliphatic rings. The summed E-state index contributed by atoms with van der Waals surface area (Å²) in [6.45, 7) is 8.33. The van der Waals surface area contributed by atoms with E-state index >= 15 is 0 Å². The van der Waals surface area contributed by atoms with Crippen molar-refractivity contribution in [3.05, 3.63) is 40.4 Å². The molecule has 0 spiro atoms. The molecular weight excluding hydrogens is 368 g/mol. The Balaban J connectivity index is 1.41. The lowest BCUT2D eigenvalue weighted by molar-refractivity contribution is -0.121. The quantitative estimate of drug-likeness (QED) is 0.512. The minimum absolute atomic E-state index is 0.0801. The number of likely N-dealkylation sites (tertiary alicyclic amines) is 1. The summed E-state index contributed by atoms with van der Waals surface area (Å²) in [6, 6.07) is 5.63. The third-order valence-corrected chi connectivity index (χ3v) is 5.66. The van der Waals surface area contributed by atoms with Crippen LogP contribution in [0.1, 0.15) is 31.7 Å². The molecule has 1 amide bonds. The molecular formula is C22H28N4O3. The van der Waals surface area contributed by atoms with Crippen LogP contribution >= 0.6 is 0 Å². The van der Waals surface area contributed by atoms with E-state index in [0.29, 0.717) is 23.0 Å². The lowest BCUT2D eigenvalue weighted by Gasteiger charge is -2.30. The lowest BCUT2D eigenvalue weighted by Crippen LogP contribution is -2.37. The van der Waals surface area contributed by atoms with E-state index in [-0.39, 0.29) is 12.5 Å². The predicted octanol–water partition coefficient (Wildman–Crippen LogP) is 2.69. The summed E-state index contributed by atoms with van der Waals surface area (Å²) in [5, 5.41) is 8.45. The van der Waals surface area contributed by atoms with E-state index in [2.05, 4.69) is 22.2 Å². The number of nitrogens with zero attached hydrogens (tertiary/aromatic N) is 3. The first-order chi connectivity index (χ1) is 14.0. The second kappa shape index (κ2) is 8.37. The molecule has 3 aromatic rings. The largest absolute Gasteiger partial charge is 0.422 e. The zero-order valence-electron chi connectivity index (χ0n) is 17.1. The van der Waals surface area contributed by atoms with E-state index in [1.54, 1.807) is 10.7 Å². The van der Waals surface area contributed by atoms with Crippen molar-refractivity contribution in [2.75, 3.05) is 26.2 Å². The molecule has 1 saturated heterocycles. The van der Waals surface area contributed by atoms with Gasteiger partial charge in [-0.1, -0.05) is 18.6 Å². The summed E-state index contributed by atoms with van der Waals surface area (Å²) in [5.41, 5.74) is 1.78. The minimum Gasteiger partial charge on any atom is -0.422 e. The Bertz CT molecular complexity index is 1080. The maximum Gasteiger partial charge on any atom is 0.347 e. The van der Waals surface area contributed by atoms with Gasteiger partial charge in [0.2, 0.25) is 5.91 Å². The van der Waals surface area contributed by atoms with Crippen LogP contribution in [0.15, 0.2) is 33.6 Å². The highest BCUT2D eigenvalue weighted by molar-refractivity contribution is 6.02. The first-order valence-electron chi connectivity index (χ1n) is 10.4. The zero-order valence-corrected chi connectivity index (χ0v) is 17.1. The summed E-state index contributed by atoms with van der Waals surface area (Å²) in [5.74, 6) is 0.665. The van der Waals surface area contributed by atoms with E-state index in [1.807, 2.05) is 19.1 Å². The molecule has 2 aromatic heterocycles. The van der Waals surface area contributed by atoms with Crippen LogP contribution in [0.5, 0.6) is 0 Å². The van der Waals surface area contributed by atoms with E-state index < -0.39 is 5.63 Å². The van der Waals surface area contributed by atoms with Gasteiger partial charge in [-0.25, -0.2) is 4.79 Å². The van der Waals surface area contributed by atoms with Crippen molar-refractivity contribution in [3.63, 3.8) is 0 Å². The molecule has 7 heteroatoms. The number of hydrogen-bond donors (Lipinski definition) is 1. The maximum absolute atomic E-state index is 12.5. The maximum atomic E-state index is 12.5. The Morgan fingerprint density at radius 1 is 1.34 bits per heavy atom. The summed E-state index contributed by atoms with van der Waals surface area (Å²) < 4.78 is 6.97. The van der Waals surface area contributed by atoms with Crippen LogP contribution in [0.2, 0.25) is 0 Å². The molecule has 1 N–H and O–H groups in total. The van der Waals surface area contributed by atoms with Crippen molar-refractivity contribution in [2.45, 2.75) is 39.7 Å². The van der Waals surface area contributed by atoms with Crippen LogP contribution in [0, 0.1) is 12.8 Å². The number of aryl methyl sites for hydroxylation is 1. The SMILES string of the molecule is Cc1ccc2oc(=O)c3cnn(CC(=O)NCCCN4CCC[C@H](C)C4)c3c2c1. The van der Waals surface area contributed by atoms with Gasteiger partial charge in [-0.2, -0.15) is 5.10 Å². The molecule has 0 saturated carbocycles. The van der Waals surface area contributed by atoms with Crippen LogP contribution in [0.3, 0.4) is 0 Å². The third-order valence-electron chi connectivity index (χ3n) is 5.66. The average Bonchev–Trinajstić information content (AvgIpc) is 3.11. The fourth-order valence-electron chi connectivity index (χ4n) is 4.22. The molecule has 1 aliphatic heterocycles. The highest BCUT2D eigenvalue weighted by Gasteiger charge is 2.17. The molecule has 4 rings (SSSR count). The number of carbonyl (C=O) groups excluding carboxylic acids is 1. The number of carbonyl (C=O) groups is 1. The first-order valence-corrected chi connectivity index (χ1v) is 10.4. The van der Waals surface area contributed by atoms with Gasteiger partial charge in [0.15, 0.2) is 0 Å². The van der Waals surface area contributed by atoms with Crippen LogP contribution in [-0.4, -0.2) is 46.8 Å². The van der Waals surface area contributed by atoms with Crippen molar-refractivity contribution in [1.82, 2.24) is 20.0 Å². The second-order valence-electron chi connectivity index (χ2n) is 8.21. The summed E-state index contributed by atoms with van der Waals surface area (Å²) in [4.78, 5) is 27.2. The molecule has 154 valence electrons. The lowest BCUT2D eigenvalue weighted by atomic mass is 10.0. The standard InChI is InChI=1S/C22H28N4O3/c1-15-6-7-19-17(11-15)21-18(22(28)29-19)12-24-26(21)14-20(27)23-8-4-10-25-9-3-5-16(2)13-25/h6-7,11-12,16H,3-5,8-10,13-14H2,1-2H3,(H,23,27)/t16-/m0/s1. The number of hydrogen-bond acceptors (Lipinski definition) is 5. The predicted molar refractivity (Wildman–Crippen MR) is 113 cm³/mol. The Morgan fingerprint density at radius 2 is 2.21 bits per heavy atom. The first kappa shape index (κ1) is 19.6. The monoisotopic (exact) mass is 396 g/mol. The second-order valence-corrected chi connectivity index (χ2v) is 8.21. The fraction of sp³-hybridized carbons (Fsp3) is 0.500. The van der Waals surface area contributed by atoms with E-state index in [9.17, 15) is 9.59 Å². The van der Waals surface area contributed by atoms with E-state index in [1.165, 1.54) is 19.0 Å². The van der Waals surface area contributed by atoms with Gasteiger partial charge in [0.1, 0.15) is 17.5 Å². The van der Waals surface area contributed by atoms with Crippen molar-refractivity contribution in [1.29, 1.82) is 0 Å². The molecule has 0 radical (unpaired) electrons. The highest BCUT2D eigenvalue weighted by Crippen LogP contribution is 2.23. The van der Waals surface area contributed by atoms with Gasteiger partial charge in [0.25, 0.3) is 0 Å². The van der Waals surface area contributed by atoms with Gasteiger partial charge < -0.3 is 14.6 Å². The number of rotatable bonds is 6. The summed E-state index contributed by atoms with van der Waals surface area (Å²) in [7, 11) is 0. The molecule has 1 atom stereocenters. The molecule has 0 bridgehead atoms. The van der Waals surface area contributed by atoms with Crippen molar-refractivity contribution < 1.29 is 9.21 Å². The van der Waals surface area contributed by atoms with Crippen molar-refractivity contribution in [3.8, 4) is 0 Å². The molecule has 0 aliphatic carbocycles. The molecule has 1 aromatic carbocycles. The number of aromatic nitrogens is 2. The fourth-order valence-corrected chi connectivity index (χ4v) is 4.22. The van der Waals surface area contributed by atoms with Crippen molar-refractivity contribution in [2.24, 2.45) is 5.92 Å².